The van der Waals surface area contributed by atoms with E-state index < -0.39 is 0 Å². The average Bonchev–Trinajstić information content (AvgIpc) is 2.67. The van der Waals surface area contributed by atoms with Crippen LogP contribution in [0.3, 0.4) is 0 Å². The predicted octanol–water partition coefficient (Wildman–Crippen LogP) is 6.91. The summed E-state index contributed by atoms with van der Waals surface area (Å²) < 4.78 is 0. The second-order valence-corrected chi connectivity index (χ2v) is 10.9. The Kier molecular flexibility index (Phi) is 5.76. The molecule has 0 aromatic carbocycles. The smallest absolute Gasteiger partial charge is 0.0210 e. The quantitative estimate of drug-likeness (QED) is 0.529. The fraction of sp³-hybridized carbons (Fsp3) is 1.00. The molecular weight excluding hydrogens is 314 g/mol. The Balaban J connectivity index is 1.57. The Hall–Kier alpha value is -0.0400. The summed E-state index contributed by atoms with van der Waals surface area (Å²) in [4.78, 5) is 3.06. The van der Waals surface area contributed by atoms with Crippen molar-refractivity contribution in [3.05, 3.63) is 0 Å². The Morgan fingerprint density at radius 1 is 0.769 bits per heavy atom. The van der Waals surface area contributed by atoms with Crippen molar-refractivity contribution in [3.8, 4) is 0 Å². The molecular formula is C25H45N. The highest BCUT2D eigenvalue weighted by Crippen LogP contribution is 2.56. The minimum Gasteiger partial charge on any atom is -0.294 e. The molecule has 0 amide bonds. The third-order valence-corrected chi connectivity index (χ3v) is 9.89. The van der Waals surface area contributed by atoms with Gasteiger partial charge in [-0.1, -0.05) is 53.4 Å². The standard InChI is InChI=1S/C25H45N/c1-5-25(6-2)17-20-15-19(4)22(21-12-8-7-11-18(21)3)16-23(20)24-13-9-10-14-26(24)25/h18-24H,5-17H2,1-4H3. The van der Waals surface area contributed by atoms with Gasteiger partial charge in [0.05, 0.1) is 0 Å². The van der Waals surface area contributed by atoms with Crippen molar-refractivity contribution in [1.82, 2.24) is 4.90 Å². The Morgan fingerprint density at radius 2 is 1.50 bits per heavy atom. The zero-order chi connectivity index (χ0) is 18.3. The van der Waals surface area contributed by atoms with Crippen LogP contribution in [0.15, 0.2) is 0 Å². The van der Waals surface area contributed by atoms with Crippen molar-refractivity contribution in [2.45, 2.75) is 116 Å². The summed E-state index contributed by atoms with van der Waals surface area (Å²) in [5, 5.41) is 0. The van der Waals surface area contributed by atoms with Crippen LogP contribution in [0, 0.1) is 35.5 Å². The summed E-state index contributed by atoms with van der Waals surface area (Å²) in [6, 6.07) is 0.927. The van der Waals surface area contributed by atoms with Crippen LogP contribution in [0.2, 0.25) is 0 Å². The van der Waals surface area contributed by atoms with E-state index in [4.69, 9.17) is 0 Å². The van der Waals surface area contributed by atoms with Gasteiger partial charge in [0.1, 0.15) is 0 Å². The zero-order valence-corrected chi connectivity index (χ0v) is 18.2. The summed E-state index contributed by atoms with van der Waals surface area (Å²) in [7, 11) is 0. The second kappa shape index (κ2) is 7.76. The molecule has 0 spiro atoms. The predicted molar refractivity (Wildman–Crippen MR) is 112 cm³/mol. The van der Waals surface area contributed by atoms with Gasteiger partial charge in [0.15, 0.2) is 0 Å². The lowest BCUT2D eigenvalue weighted by atomic mass is 9.54. The molecule has 0 aromatic heterocycles. The highest BCUT2D eigenvalue weighted by molar-refractivity contribution is 5.06. The van der Waals surface area contributed by atoms with Crippen LogP contribution in [-0.2, 0) is 0 Å². The maximum Gasteiger partial charge on any atom is 0.0210 e. The Bertz CT molecular complexity index is 467. The minimum atomic E-state index is 0.539. The molecule has 0 aromatic rings. The summed E-state index contributed by atoms with van der Waals surface area (Å²) in [5.74, 6) is 6.09. The van der Waals surface area contributed by atoms with Crippen molar-refractivity contribution >= 4 is 0 Å². The van der Waals surface area contributed by atoms with Gasteiger partial charge < -0.3 is 0 Å². The van der Waals surface area contributed by atoms with Crippen LogP contribution in [0.4, 0.5) is 0 Å². The molecule has 7 unspecified atom stereocenters. The molecule has 26 heavy (non-hydrogen) atoms. The molecule has 2 saturated heterocycles. The molecule has 2 heterocycles. The molecule has 2 aliphatic heterocycles. The van der Waals surface area contributed by atoms with Crippen molar-refractivity contribution < 1.29 is 0 Å². The summed E-state index contributed by atoms with van der Waals surface area (Å²) in [6.07, 6.45) is 17.9. The monoisotopic (exact) mass is 359 g/mol. The lowest BCUT2D eigenvalue weighted by Crippen LogP contribution is -2.64. The number of piperidine rings is 2. The maximum atomic E-state index is 3.06. The first kappa shape index (κ1) is 19.3. The molecule has 0 bridgehead atoms. The van der Waals surface area contributed by atoms with Crippen LogP contribution < -0.4 is 0 Å². The van der Waals surface area contributed by atoms with Crippen LogP contribution in [0.1, 0.15) is 105 Å². The molecule has 0 radical (unpaired) electrons. The van der Waals surface area contributed by atoms with E-state index in [1.165, 1.54) is 70.8 Å². The lowest BCUT2D eigenvalue weighted by Gasteiger charge is -2.62. The minimum absolute atomic E-state index is 0.539. The van der Waals surface area contributed by atoms with E-state index >= 15 is 0 Å². The van der Waals surface area contributed by atoms with Crippen molar-refractivity contribution in [2.75, 3.05) is 6.54 Å². The zero-order valence-electron chi connectivity index (χ0n) is 18.2. The first-order chi connectivity index (χ1) is 12.6. The second-order valence-electron chi connectivity index (χ2n) is 10.9. The molecule has 4 aliphatic rings. The van der Waals surface area contributed by atoms with Gasteiger partial charge in [-0.3, -0.25) is 4.90 Å². The van der Waals surface area contributed by atoms with Gasteiger partial charge in [0.25, 0.3) is 0 Å². The van der Waals surface area contributed by atoms with Gasteiger partial charge in [0, 0.05) is 11.6 Å². The SMILES string of the molecule is CCC1(CC)CC2CC(C)C(C3CCCCC3C)CC2C2CCCCN21. The average molecular weight is 360 g/mol. The lowest BCUT2D eigenvalue weighted by molar-refractivity contribution is -0.118. The third-order valence-electron chi connectivity index (χ3n) is 9.89. The third kappa shape index (κ3) is 3.19. The molecule has 7 atom stereocenters. The molecule has 2 aliphatic carbocycles. The Morgan fingerprint density at radius 3 is 2.23 bits per heavy atom. The van der Waals surface area contributed by atoms with Crippen LogP contribution in [0.25, 0.3) is 0 Å². The van der Waals surface area contributed by atoms with Gasteiger partial charge in [-0.2, -0.15) is 0 Å². The van der Waals surface area contributed by atoms with Gasteiger partial charge in [0.2, 0.25) is 0 Å². The number of hydrogen-bond donors (Lipinski definition) is 0. The summed E-state index contributed by atoms with van der Waals surface area (Å²) in [5.41, 5.74) is 0.539. The highest BCUT2D eigenvalue weighted by Gasteiger charge is 2.53. The Labute approximate surface area is 163 Å². The van der Waals surface area contributed by atoms with E-state index in [0.29, 0.717) is 5.54 Å². The fourth-order valence-electron chi connectivity index (χ4n) is 8.39. The van der Waals surface area contributed by atoms with E-state index in [1.54, 1.807) is 12.8 Å². The highest BCUT2D eigenvalue weighted by atomic mass is 15.2. The van der Waals surface area contributed by atoms with Gasteiger partial charge in [-0.25, -0.2) is 0 Å². The van der Waals surface area contributed by atoms with E-state index in [2.05, 4.69) is 32.6 Å². The molecule has 4 rings (SSSR count). The number of fused-ring (bicyclic) bond motifs is 3. The number of nitrogens with zero attached hydrogens (tertiary/aromatic N) is 1. The molecule has 2 saturated carbocycles. The number of hydrogen-bond acceptors (Lipinski definition) is 1. The van der Waals surface area contributed by atoms with Crippen LogP contribution in [0.5, 0.6) is 0 Å². The van der Waals surface area contributed by atoms with E-state index in [9.17, 15) is 0 Å². The first-order valence-corrected chi connectivity index (χ1v) is 12.4. The van der Waals surface area contributed by atoms with Crippen LogP contribution >= 0.6 is 0 Å². The molecule has 4 fully saturated rings. The van der Waals surface area contributed by atoms with Crippen LogP contribution in [-0.4, -0.2) is 23.0 Å². The first-order valence-electron chi connectivity index (χ1n) is 12.4. The maximum absolute atomic E-state index is 3.06. The van der Waals surface area contributed by atoms with Gasteiger partial charge >= 0.3 is 0 Å². The van der Waals surface area contributed by atoms with E-state index in [0.717, 1.165) is 41.5 Å². The molecule has 1 heteroatoms. The topological polar surface area (TPSA) is 3.24 Å². The van der Waals surface area contributed by atoms with Gasteiger partial charge in [-0.15, -0.1) is 0 Å². The van der Waals surface area contributed by atoms with Gasteiger partial charge in [-0.05, 0) is 93.4 Å². The normalized spacial score (nSPS) is 46.4. The molecule has 150 valence electrons. The number of rotatable bonds is 3. The van der Waals surface area contributed by atoms with E-state index in [-0.39, 0.29) is 0 Å². The molecule has 0 N–H and O–H groups in total. The summed E-state index contributed by atoms with van der Waals surface area (Å²) in [6.45, 7) is 11.6. The van der Waals surface area contributed by atoms with E-state index in [1.807, 2.05) is 0 Å². The van der Waals surface area contributed by atoms with Crippen molar-refractivity contribution in [1.29, 1.82) is 0 Å². The molecule has 1 nitrogen and oxygen atoms in total. The van der Waals surface area contributed by atoms with Crippen molar-refractivity contribution in [2.24, 2.45) is 35.5 Å². The largest absolute Gasteiger partial charge is 0.294 e. The summed E-state index contributed by atoms with van der Waals surface area (Å²) >= 11 is 0. The van der Waals surface area contributed by atoms with Crippen molar-refractivity contribution in [3.63, 3.8) is 0 Å². The fourth-order valence-corrected chi connectivity index (χ4v) is 8.39.